The first-order valence-corrected chi connectivity index (χ1v) is 8.04. The van der Waals surface area contributed by atoms with Gasteiger partial charge in [-0.1, -0.05) is 6.07 Å². The average Bonchev–Trinajstić information content (AvgIpc) is 2.69. The molecule has 0 saturated carbocycles. The van der Waals surface area contributed by atoms with E-state index in [1.54, 1.807) is 59.7 Å². The van der Waals surface area contributed by atoms with Crippen LogP contribution in [0.2, 0.25) is 0 Å². The van der Waals surface area contributed by atoms with Gasteiger partial charge in [0.05, 0.1) is 12.1 Å². The van der Waals surface area contributed by atoms with Crippen LogP contribution in [-0.2, 0) is 20.7 Å². The molecule has 7 nitrogen and oxygen atoms in total. The Balaban J connectivity index is 2.22. The van der Waals surface area contributed by atoms with Crippen molar-refractivity contribution in [3.05, 3.63) is 23.8 Å². The number of nitrogens with zero attached hydrogens (tertiary/aromatic N) is 1. The van der Waals surface area contributed by atoms with Gasteiger partial charge in [-0.15, -0.1) is 0 Å². The Morgan fingerprint density at radius 1 is 1.04 bits per heavy atom. The smallest absolute Gasteiger partial charge is 0.421 e. The number of hydrogen-bond acceptors (Lipinski definition) is 5. The molecule has 1 aromatic rings. The van der Waals surface area contributed by atoms with Gasteiger partial charge < -0.3 is 9.47 Å². The summed E-state index contributed by atoms with van der Waals surface area (Å²) in [4.78, 5) is 37.4. The van der Waals surface area contributed by atoms with Crippen LogP contribution < -0.4 is 10.2 Å². The monoisotopic (exact) mass is 348 g/mol. The zero-order valence-electron chi connectivity index (χ0n) is 15.4. The van der Waals surface area contributed by atoms with E-state index < -0.39 is 23.4 Å². The first kappa shape index (κ1) is 18.8. The number of rotatable bonds is 1. The molecule has 3 amide bonds. The Morgan fingerprint density at radius 2 is 1.64 bits per heavy atom. The Hall–Kier alpha value is -2.57. The number of fused-ring (bicyclic) bond motifs is 1. The van der Waals surface area contributed by atoms with Crippen LogP contribution in [0.15, 0.2) is 18.2 Å². The van der Waals surface area contributed by atoms with E-state index in [0.717, 1.165) is 4.90 Å². The largest absolute Gasteiger partial charge is 0.444 e. The van der Waals surface area contributed by atoms with E-state index in [0.29, 0.717) is 16.9 Å². The molecule has 0 aromatic heterocycles. The summed E-state index contributed by atoms with van der Waals surface area (Å²) in [6, 6.07) is 4.92. The second-order valence-corrected chi connectivity index (χ2v) is 7.86. The van der Waals surface area contributed by atoms with E-state index in [9.17, 15) is 14.4 Å². The zero-order chi connectivity index (χ0) is 19.0. The highest BCUT2D eigenvalue weighted by molar-refractivity contribution is 6.17. The van der Waals surface area contributed by atoms with Gasteiger partial charge in [0, 0.05) is 5.69 Å². The molecule has 1 aromatic carbocycles. The van der Waals surface area contributed by atoms with Gasteiger partial charge >= 0.3 is 12.2 Å². The summed E-state index contributed by atoms with van der Waals surface area (Å²) < 4.78 is 10.5. The van der Waals surface area contributed by atoms with Crippen LogP contribution >= 0.6 is 0 Å². The quantitative estimate of drug-likeness (QED) is 0.833. The molecule has 1 heterocycles. The highest BCUT2D eigenvalue weighted by Crippen LogP contribution is 2.33. The van der Waals surface area contributed by atoms with E-state index >= 15 is 0 Å². The number of imide groups is 1. The van der Waals surface area contributed by atoms with Gasteiger partial charge in [0.1, 0.15) is 11.2 Å². The number of carbonyl (C=O) groups is 3. The first-order valence-electron chi connectivity index (χ1n) is 8.04. The Bertz CT molecular complexity index is 713. The first-order chi connectivity index (χ1) is 11.4. The van der Waals surface area contributed by atoms with Gasteiger partial charge in [-0.2, -0.15) is 0 Å². The highest BCUT2D eigenvalue weighted by Gasteiger charge is 2.35. The predicted molar refractivity (Wildman–Crippen MR) is 93.7 cm³/mol. The van der Waals surface area contributed by atoms with Gasteiger partial charge in [0.2, 0.25) is 5.91 Å². The fourth-order valence-electron chi connectivity index (χ4n) is 2.30. The molecule has 0 unspecified atom stereocenters. The lowest BCUT2D eigenvalue weighted by Gasteiger charge is -2.24. The van der Waals surface area contributed by atoms with Crippen LogP contribution in [0.1, 0.15) is 47.1 Å². The fraction of sp³-hybridized carbons (Fsp3) is 0.500. The second-order valence-electron chi connectivity index (χ2n) is 7.86. The van der Waals surface area contributed by atoms with E-state index in [1.165, 1.54) is 0 Å². The number of carbonyl (C=O) groups excluding carboxylic acids is 3. The summed E-state index contributed by atoms with van der Waals surface area (Å²) in [5, 5.41) is 2.60. The number of amides is 3. The molecule has 0 fully saturated rings. The van der Waals surface area contributed by atoms with Gasteiger partial charge in [0.25, 0.3) is 0 Å². The predicted octanol–water partition coefficient (Wildman–Crippen LogP) is 3.86. The highest BCUT2D eigenvalue weighted by atomic mass is 16.6. The van der Waals surface area contributed by atoms with E-state index in [4.69, 9.17) is 9.47 Å². The van der Waals surface area contributed by atoms with E-state index in [-0.39, 0.29) is 12.3 Å². The maximum absolute atomic E-state index is 12.3. The third-order valence-corrected chi connectivity index (χ3v) is 3.14. The molecule has 0 atom stereocenters. The average molecular weight is 348 g/mol. The maximum atomic E-state index is 12.3. The third-order valence-electron chi connectivity index (χ3n) is 3.14. The Kier molecular flexibility index (Phi) is 4.79. The van der Waals surface area contributed by atoms with Crippen molar-refractivity contribution >= 4 is 29.5 Å². The third kappa shape index (κ3) is 4.95. The van der Waals surface area contributed by atoms with Crippen LogP contribution in [0.3, 0.4) is 0 Å². The fourth-order valence-corrected chi connectivity index (χ4v) is 2.30. The van der Waals surface area contributed by atoms with Gasteiger partial charge in [-0.3, -0.25) is 10.1 Å². The SMILES string of the molecule is CC(C)(C)OC(=O)Nc1ccc2c(c1)N(C(=O)OC(C)(C)C)C(=O)C2. The lowest BCUT2D eigenvalue weighted by atomic mass is 10.1. The van der Waals surface area contributed by atoms with Gasteiger partial charge in [-0.25, -0.2) is 14.5 Å². The molecule has 1 aliphatic rings. The summed E-state index contributed by atoms with van der Waals surface area (Å²) in [6.45, 7) is 10.5. The second kappa shape index (κ2) is 6.38. The van der Waals surface area contributed by atoms with Crippen molar-refractivity contribution in [2.24, 2.45) is 0 Å². The molecule has 1 aliphatic heterocycles. The Morgan fingerprint density at radius 3 is 2.20 bits per heavy atom. The number of hydrogen-bond donors (Lipinski definition) is 1. The summed E-state index contributed by atoms with van der Waals surface area (Å²) in [7, 11) is 0. The number of nitrogens with one attached hydrogen (secondary N) is 1. The maximum Gasteiger partial charge on any atom is 0.421 e. The molecule has 0 radical (unpaired) electrons. The van der Waals surface area contributed by atoms with Gasteiger partial charge in [-0.05, 0) is 59.2 Å². The summed E-state index contributed by atoms with van der Waals surface area (Å²) in [5.74, 6) is -0.362. The van der Waals surface area contributed by atoms with Crippen LogP contribution in [0.25, 0.3) is 0 Å². The van der Waals surface area contributed by atoms with Crippen molar-refractivity contribution in [1.82, 2.24) is 0 Å². The molecule has 136 valence electrons. The molecular weight excluding hydrogens is 324 g/mol. The molecular formula is C18H24N2O5. The molecule has 2 rings (SSSR count). The summed E-state index contributed by atoms with van der Waals surface area (Å²) in [6.07, 6.45) is -1.23. The minimum atomic E-state index is -0.731. The zero-order valence-corrected chi connectivity index (χ0v) is 15.4. The van der Waals surface area contributed by atoms with Crippen molar-refractivity contribution in [3.63, 3.8) is 0 Å². The topological polar surface area (TPSA) is 84.9 Å². The van der Waals surface area contributed by atoms with Crippen molar-refractivity contribution in [3.8, 4) is 0 Å². The molecule has 7 heteroatoms. The minimum Gasteiger partial charge on any atom is -0.444 e. The van der Waals surface area contributed by atoms with Crippen LogP contribution in [-0.4, -0.2) is 29.3 Å². The Labute approximate surface area is 147 Å². The van der Waals surface area contributed by atoms with Crippen LogP contribution in [0.4, 0.5) is 21.0 Å². The van der Waals surface area contributed by atoms with Crippen molar-refractivity contribution in [2.45, 2.75) is 59.2 Å². The van der Waals surface area contributed by atoms with Crippen molar-refractivity contribution in [2.75, 3.05) is 10.2 Å². The molecule has 25 heavy (non-hydrogen) atoms. The van der Waals surface area contributed by atoms with Gasteiger partial charge in [0.15, 0.2) is 0 Å². The molecule has 0 aliphatic carbocycles. The molecule has 0 bridgehead atoms. The van der Waals surface area contributed by atoms with Crippen LogP contribution in [0.5, 0.6) is 0 Å². The number of ether oxygens (including phenoxy) is 2. The standard InChI is InChI=1S/C18H24N2O5/c1-17(2,3)24-15(22)19-12-8-7-11-9-14(21)20(13(11)10-12)16(23)25-18(4,5)6/h7-8,10H,9H2,1-6H3,(H,19,22). The van der Waals surface area contributed by atoms with Crippen molar-refractivity contribution in [1.29, 1.82) is 0 Å². The lowest BCUT2D eigenvalue weighted by molar-refractivity contribution is -0.117. The van der Waals surface area contributed by atoms with Crippen LogP contribution in [0, 0.1) is 0 Å². The molecule has 0 spiro atoms. The number of anilines is 2. The number of benzene rings is 1. The van der Waals surface area contributed by atoms with Crippen molar-refractivity contribution < 1.29 is 23.9 Å². The summed E-state index contributed by atoms with van der Waals surface area (Å²) in [5.41, 5.74) is 0.195. The normalized spacial score (nSPS) is 14.2. The van der Waals surface area contributed by atoms with E-state index in [1.807, 2.05) is 0 Å². The molecule has 1 N–H and O–H groups in total. The van der Waals surface area contributed by atoms with E-state index in [2.05, 4.69) is 5.32 Å². The summed E-state index contributed by atoms with van der Waals surface area (Å²) >= 11 is 0. The molecule has 0 saturated heterocycles. The minimum absolute atomic E-state index is 0.112. The lowest BCUT2D eigenvalue weighted by Crippen LogP contribution is -2.38.